The van der Waals surface area contributed by atoms with Crippen molar-refractivity contribution in [1.29, 1.82) is 0 Å². The number of alkyl halides is 1. The van der Waals surface area contributed by atoms with Crippen molar-refractivity contribution in [3.05, 3.63) is 64.6 Å². The van der Waals surface area contributed by atoms with Crippen molar-refractivity contribution >= 4 is 10.9 Å². The lowest BCUT2D eigenvalue weighted by molar-refractivity contribution is 0.162. The molecule has 0 saturated heterocycles. The number of aryl methyl sites for hydroxylation is 2. The molecule has 1 atom stereocenters. The molecule has 0 amide bonds. The van der Waals surface area contributed by atoms with E-state index in [2.05, 4.69) is 40.0 Å². The highest BCUT2D eigenvalue weighted by molar-refractivity contribution is 5.86. The van der Waals surface area contributed by atoms with Crippen molar-refractivity contribution < 1.29 is 4.39 Å². The van der Waals surface area contributed by atoms with Crippen LogP contribution in [0.5, 0.6) is 0 Å². The standard InChI is InChI=1S/C22H26FN3/c1-15-4-5-20-19(12-15)18-7-9-24-10-8-21(18)26(20)14-22(3,23)17-6-11-25-16(2)13-17/h4-6,11-13,24H,7-10,14H2,1-3H3. The summed E-state index contributed by atoms with van der Waals surface area (Å²) in [5, 5.41) is 4.76. The molecule has 4 heteroatoms. The Balaban J connectivity index is 1.84. The van der Waals surface area contributed by atoms with Crippen LogP contribution in [-0.4, -0.2) is 22.6 Å². The second-order valence-electron chi connectivity index (χ2n) is 7.67. The third kappa shape index (κ3) is 3.03. The Kier molecular flexibility index (Phi) is 4.31. The van der Waals surface area contributed by atoms with Gasteiger partial charge in [0.25, 0.3) is 0 Å². The maximum Gasteiger partial charge on any atom is 0.151 e. The van der Waals surface area contributed by atoms with Gasteiger partial charge in [0.15, 0.2) is 5.67 Å². The van der Waals surface area contributed by atoms with Crippen LogP contribution in [0.3, 0.4) is 0 Å². The molecule has 0 radical (unpaired) electrons. The van der Waals surface area contributed by atoms with Crippen LogP contribution in [0, 0.1) is 13.8 Å². The molecular weight excluding hydrogens is 325 g/mol. The molecule has 0 fully saturated rings. The minimum atomic E-state index is -1.45. The van der Waals surface area contributed by atoms with Gasteiger partial charge in [-0.2, -0.15) is 0 Å². The van der Waals surface area contributed by atoms with Gasteiger partial charge in [-0.15, -0.1) is 0 Å². The molecule has 2 aromatic heterocycles. The minimum Gasteiger partial charge on any atom is -0.341 e. The van der Waals surface area contributed by atoms with Gasteiger partial charge in [-0.25, -0.2) is 4.39 Å². The first-order chi connectivity index (χ1) is 12.5. The maximum absolute atomic E-state index is 15.8. The number of rotatable bonds is 3. The van der Waals surface area contributed by atoms with Crippen LogP contribution in [0.4, 0.5) is 4.39 Å². The molecule has 3 nitrogen and oxygen atoms in total. The molecule has 1 aromatic carbocycles. The fraction of sp³-hybridized carbons (Fsp3) is 0.409. The summed E-state index contributed by atoms with van der Waals surface area (Å²) in [6.45, 7) is 7.97. The highest BCUT2D eigenvalue weighted by Crippen LogP contribution is 2.34. The Hall–Kier alpha value is -2.20. The van der Waals surface area contributed by atoms with Gasteiger partial charge in [0.1, 0.15) is 0 Å². The quantitative estimate of drug-likeness (QED) is 0.765. The summed E-state index contributed by atoms with van der Waals surface area (Å²) in [4.78, 5) is 4.21. The molecule has 1 aliphatic rings. The maximum atomic E-state index is 15.8. The van der Waals surface area contributed by atoms with Crippen LogP contribution in [0.25, 0.3) is 10.9 Å². The molecule has 3 aromatic rings. The van der Waals surface area contributed by atoms with E-state index in [1.807, 2.05) is 13.0 Å². The molecule has 3 heterocycles. The van der Waals surface area contributed by atoms with E-state index >= 15 is 4.39 Å². The summed E-state index contributed by atoms with van der Waals surface area (Å²) in [6, 6.07) is 10.2. The second-order valence-corrected chi connectivity index (χ2v) is 7.67. The van der Waals surface area contributed by atoms with Gasteiger partial charge in [-0.05, 0) is 69.1 Å². The lowest BCUT2D eigenvalue weighted by Gasteiger charge is -2.24. The van der Waals surface area contributed by atoms with Crippen molar-refractivity contribution in [3.63, 3.8) is 0 Å². The van der Waals surface area contributed by atoms with Gasteiger partial charge in [0, 0.05) is 41.5 Å². The van der Waals surface area contributed by atoms with Crippen LogP contribution in [0.15, 0.2) is 36.5 Å². The molecule has 0 saturated carbocycles. The van der Waals surface area contributed by atoms with E-state index in [0.29, 0.717) is 12.1 Å². The summed E-state index contributed by atoms with van der Waals surface area (Å²) in [7, 11) is 0. The van der Waals surface area contributed by atoms with Gasteiger partial charge in [-0.3, -0.25) is 4.98 Å². The van der Waals surface area contributed by atoms with Crippen molar-refractivity contribution in [3.8, 4) is 0 Å². The van der Waals surface area contributed by atoms with E-state index in [9.17, 15) is 0 Å². The van der Waals surface area contributed by atoms with Gasteiger partial charge in [-0.1, -0.05) is 11.6 Å². The van der Waals surface area contributed by atoms with Crippen molar-refractivity contribution in [2.24, 2.45) is 0 Å². The number of nitrogens with zero attached hydrogens (tertiary/aromatic N) is 2. The number of nitrogens with one attached hydrogen (secondary N) is 1. The number of hydrogen-bond donors (Lipinski definition) is 1. The molecule has 136 valence electrons. The molecule has 1 aliphatic heterocycles. The number of aromatic nitrogens is 2. The fourth-order valence-electron chi connectivity index (χ4n) is 4.14. The Morgan fingerprint density at radius 3 is 2.77 bits per heavy atom. The Morgan fingerprint density at radius 1 is 1.15 bits per heavy atom. The average Bonchev–Trinajstić information content (AvgIpc) is 2.77. The van der Waals surface area contributed by atoms with Gasteiger partial charge in [0.2, 0.25) is 0 Å². The van der Waals surface area contributed by atoms with Crippen molar-refractivity contribution in [2.45, 2.75) is 45.8 Å². The SMILES string of the molecule is Cc1ccc2c(c1)c1c(n2CC(C)(F)c2ccnc(C)c2)CCNCC1. The molecule has 0 spiro atoms. The monoisotopic (exact) mass is 351 g/mol. The molecular formula is C22H26FN3. The predicted octanol–water partition coefficient (Wildman–Crippen LogP) is 4.23. The molecule has 1 N–H and O–H groups in total. The van der Waals surface area contributed by atoms with Crippen molar-refractivity contribution in [2.75, 3.05) is 13.1 Å². The topological polar surface area (TPSA) is 29.9 Å². The van der Waals surface area contributed by atoms with Crippen LogP contribution in [0.1, 0.15) is 35.0 Å². The van der Waals surface area contributed by atoms with E-state index in [4.69, 9.17) is 0 Å². The lowest BCUT2D eigenvalue weighted by Crippen LogP contribution is -2.25. The summed E-state index contributed by atoms with van der Waals surface area (Å²) in [6.07, 6.45) is 3.64. The lowest BCUT2D eigenvalue weighted by atomic mass is 9.98. The van der Waals surface area contributed by atoms with Crippen LogP contribution in [0.2, 0.25) is 0 Å². The number of hydrogen-bond acceptors (Lipinski definition) is 2. The van der Waals surface area contributed by atoms with Crippen LogP contribution < -0.4 is 5.32 Å². The number of pyridine rings is 1. The number of benzene rings is 1. The number of halogens is 1. The van der Waals surface area contributed by atoms with Crippen LogP contribution >= 0.6 is 0 Å². The third-order valence-corrected chi connectivity index (χ3v) is 5.49. The zero-order chi connectivity index (χ0) is 18.3. The molecule has 0 bridgehead atoms. The fourth-order valence-corrected chi connectivity index (χ4v) is 4.14. The number of fused-ring (bicyclic) bond motifs is 3. The zero-order valence-electron chi connectivity index (χ0n) is 15.8. The van der Waals surface area contributed by atoms with Gasteiger partial charge in [0.05, 0.1) is 6.54 Å². The largest absolute Gasteiger partial charge is 0.341 e. The smallest absolute Gasteiger partial charge is 0.151 e. The summed E-state index contributed by atoms with van der Waals surface area (Å²) < 4.78 is 18.0. The normalized spacial score (nSPS) is 16.9. The Bertz CT molecular complexity index is 955. The van der Waals surface area contributed by atoms with Gasteiger partial charge < -0.3 is 9.88 Å². The highest BCUT2D eigenvalue weighted by atomic mass is 19.1. The Labute approximate surface area is 154 Å². The van der Waals surface area contributed by atoms with E-state index in [1.54, 1.807) is 19.2 Å². The molecule has 4 rings (SSSR count). The first-order valence-corrected chi connectivity index (χ1v) is 9.39. The molecule has 1 unspecified atom stereocenters. The first-order valence-electron chi connectivity index (χ1n) is 9.39. The minimum absolute atomic E-state index is 0.325. The molecule has 26 heavy (non-hydrogen) atoms. The zero-order valence-corrected chi connectivity index (χ0v) is 15.8. The van der Waals surface area contributed by atoms with Gasteiger partial charge >= 0.3 is 0 Å². The highest BCUT2D eigenvalue weighted by Gasteiger charge is 2.30. The van der Waals surface area contributed by atoms with E-state index in [1.165, 1.54) is 22.2 Å². The second kappa shape index (κ2) is 6.51. The van der Waals surface area contributed by atoms with E-state index in [-0.39, 0.29) is 0 Å². The average molecular weight is 351 g/mol. The summed E-state index contributed by atoms with van der Waals surface area (Å²) >= 11 is 0. The predicted molar refractivity (Wildman–Crippen MR) is 104 cm³/mol. The first kappa shape index (κ1) is 17.2. The Morgan fingerprint density at radius 2 is 1.96 bits per heavy atom. The summed E-state index contributed by atoms with van der Waals surface area (Å²) in [5.74, 6) is 0. The third-order valence-electron chi connectivity index (χ3n) is 5.49. The molecule has 0 aliphatic carbocycles. The van der Waals surface area contributed by atoms with E-state index < -0.39 is 5.67 Å². The van der Waals surface area contributed by atoms with Crippen LogP contribution in [-0.2, 0) is 25.1 Å². The van der Waals surface area contributed by atoms with E-state index in [0.717, 1.165) is 37.1 Å². The summed E-state index contributed by atoms with van der Waals surface area (Å²) in [5.41, 5.74) is 5.17. The van der Waals surface area contributed by atoms with Crippen molar-refractivity contribution in [1.82, 2.24) is 14.9 Å².